The van der Waals surface area contributed by atoms with Crippen molar-refractivity contribution < 1.29 is 13.9 Å². The van der Waals surface area contributed by atoms with Crippen LogP contribution in [0.25, 0.3) is 0 Å². The fourth-order valence-corrected chi connectivity index (χ4v) is 9.07. The number of terminal acetylenes is 1. The minimum atomic E-state index is -2.52. The van der Waals surface area contributed by atoms with Gasteiger partial charge < -0.3 is 13.9 Å². The van der Waals surface area contributed by atoms with Crippen LogP contribution in [0.3, 0.4) is 0 Å². The molecule has 0 aromatic heterocycles. The van der Waals surface area contributed by atoms with Gasteiger partial charge in [-0.05, 0) is 35.7 Å². The predicted octanol–water partition coefficient (Wildman–Crippen LogP) is 4.50. The van der Waals surface area contributed by atoms with E-state index in [4.69, 9.17) is 20.3 Å². The molecule has 0 saturated carbocycles. The number of rotatable bonds is 6. The number of hydrogen-bond donors (Lipinski definition) is 0. The zero-order chi connectivity index (χ0) is 21.8. The van der Waals surface area contributed by atoms with Gasteiger partial charge in [-0.2, -0.15) is 0 Å². The van der Waals surface area contributed by atoms with Gasteiger partial charge in [-0.25, -0.2) is 0 Å². The van der Waals surface area contributed by atoms with Gasteiger partial charge in [-0.3, -0.25) is 0 Å². The zero-order valence-corrected chi connectivity index (χ0v) is 19.9. The van der Waals surface area contributed by atoms with Crippen LogP contribution in [0.5, 0.6) is 0 Å². The summed E-state index contributed by atoms with van der Waals surface area (Å²) in [6, 6.07) is 21.4. The fourth-order valence-electron chi connectivity index (χ4n) is 4.49. The Hall–Kier alpha value is -1.90. The molecule has 160 valence electrons. The first kappa shape index (κ1) is 22.8. The summed E-state index contributed by atoms with van der Waals surface area (Å²) in [5.41, 5.74) is 0. The Balaban J connectivity index is 1.88. The van der Waals surface area contributed by atoms with E-state index in [0.717, 1.165) is 6.42 Å². The van der Waals surface area contributed by atoms with Gasteiger partial charge in [0.1, 0.15) is 6.10 Å². The summed E-state index contributed by atoms with van der Waals surface area (Å²) in [5, 5.41) is 2.55. The van der Waals surface area contributed by atoms with Crippen LogP contribution >= 0.6 is 0 Å². The molecule has 3 rings (SSSR count). The molecule has 2 atom stereocenters. The van der Waals surface area contributed by atoms with Gasteiger partial charge in [0.15, 0.2) is 5.79 Å². The van der Waals surface area contributed by atoms with Crippen molar-refractivity contribution in [3.63, 3.8) is 0 Å². The highest BCUT2D eigenvalue weighted by Crippen LogP contribution is 2.37. The summed E-state index contributed by atoms with van der Waals surface area (Å²) < 4.78 is 18.9. The summed E-state index contributed by atoms with van der Waals surface area (Å²) in [6.45, 7) is 11.3. The van der Waals surface area contributed by atoms with Crippen LogP contribution in [0, 0.1) is 12.3 Å². The van der Waals surface area contributed by atoms with Crippen molar-refractivity contribution in [2.75, 3.05) is 6.61 Å². The van der Waals surface area contributed by atoms with Crippen LogP contribution < -0.4 is 10.4 Å². The highest BCUT2D eigenvalue weighted by atomic mass is 28.4. The first-order valence-electron chi connectivity index (χ1n) is 10.7. The lowest BCUT2D eigenvalue weighted by Gasteiger charge is -2.44. The molecule has 2 aromatic carbocycles. The smallest absolute Gasteiger partial charge is 0.261 e. The summed E-state index contributed by atoms with van der Waals surface area (Å²) in [6.07, 6.45) is 6.93. The van der Waals surface area contributed by atoms with Gasteiger partial charge >= 0.3 is 0 Å². The van der Waals surface area contributed by atoms with Crippen molar-refractivity contribution in [1.82, 2.24) is 0 Å². The Kier molecular flexibility index (Phi) is 6.89. The van der Waals surface area contributed by atoms with Crippen LogP contribution in [0.2, 0.25) is 5.04 Å². The molecule has 1 fully saturated rings. The number of hydrogen-bond acceptors (Lipinski definition) is 3. The molecule has 1 saturated heterocycles. The molecule has 0 unspecified atom stereocenters. The van der Waals surface area contributed by atoms with Crippen LogP contribution in [0.15, 0.2) is 60.7 Å². The van der Waals surface area contributed by atoms with E-state index in [2.05, 4.69) is 87.4 Å². The first-order valence-corrected chi connectivity index (χ1v) is 12.7. The Morgan fingerprint density at radius 3 is 2.00 bits per heavy atom. The fraction of sp³-hybridized carbons (Fsp3) is 0.462. The third-order valence-corrected chi connectivity index (χ3v) is 10.8. The van der Waals surface area contributed by atoms with Crippen molar-refractivity contribution in [2.45, 2.75) is 70.5 Å². The lowest BCUT2D eigenvalue weighted by atomic mass is 10.1. The normalized spacial score (nSPS) is 21.7. The zero-order valence-electron chi connectivity index (χ0n) is 18.9. The highest BCUT2D eigenvalue weighted by molar-refractivity contribution is 6.99. The third kappa shape index (κ3) is 4.87. The second kappa shape index (κ2) is 9.07. The van der Waals surface area contributed by atoms with E-state index in [-0.39, 0.29) is 17.2 Å². The molecule has 0 spiro atoms. The first-order chi connectivity index (χ1) is 14.2. The van der Waals surface area contributed by atoms with Crippen LogP contribution in [-0.2, 0) is 13.9 Å². The molecule has 1 aliphatic heterocycles. The number of benzene rings is 2. The molecule has 0 amide bonds. The molecule has 0 aliphatic carbocycles. The van der Waals surface area contributed by atoms with Gasteiger partial charge in [-0.15, -0.1) is 6.42 Å². The predicted molar refractivity (Wildman–Crippen MR) is 125 cm³/mol. The van der Waals surface area contributed by atoms with Crippen LogP contribution in [0.1, 0.15) is 47.5 Å². The van der Waals surface area contributed by atoms with E-state index >= 15 is 0 Å². The van der Waals surface area contributed by atoms with E-state index < -0.39 is 14.1 Å². The molecule has 30 heavy (non-hydrogen) atoms. The SMILES string of the molecule is C#C[C@@H]1C[C@H](CCO[Si](c2ccccc2)(c2ccccc2)C(C)(C)C)OC(C)(C)O1. The average Bonchev–Trinajstić information content (AvgIpc) is 2.70. The molecular formula is C26H34O3Si. The minimum absolute atomic E-state index is 0.0213. The van der Waals surface area contributed by atoms with Gasteiger partial charge in [0.05, 0.1) is 6.10 Å². The topological polar surface area (TPSA) is 27.7 Å². The highest BCUT2D eigenvalue weighted by Gasteiger charge is 2.50. The van der Waals surface area contributed by atoms with E-state index in [9.17, 15) is 0 Å². The summed E-state index contributed by atoms with van der Waals surface area (Å²) >= 11 is 0. The van der Waals surface area contributed by atoms with E-state index in [1.54, 1.807) is 0 Å². The van der Waals surface area contributed by atoms with Gasteiger partial charge in [-0.1, -0.05) is 87.4 Å². The maximum atomic E-state index is 6.97. The molecule has 0 radical (unpaired) electrons. The molecular weight excluding hydrogens is 388 g/mol. The third-order valence-electron chi connectivity index (χ3n) is 5.71. The van der Waals surface area contributed by atoms with Gasteiger partial charge in [0.25, 0.3) is 8.32 Å². The van der Waals surface area contributed by atoms with Crippen molar-refractivity contribution >= 4 is 18.7 Å². The molecule has 2 aromatic rings. The van der Waals surface area contributed by atoms with Crippen molar-refractivity contribution in [3.8, 4) is 12.3 Å². The second-order valence-electron chi connectivity index (χ2n) is 9.45. The summed E-state index contributed by atoms with van der Waals surface area (Å²) in [7, 11) is -2.52. The molecule has 1 aliphatic rings. The van der Waals surface area contributed by atoms with Crippen LogP contribution in [0.4, 0.5) is 0 Å². The second-order valence-corrected chi connectivity index (χ2v) is 13.8. The standard InChI is InChI=1S/C26H34O3Si/c1-7-21-20-22(29-26(5,6)28-21)18-19-27-30(25(2,3)4,23-14-10-8-11-15-23)24-16-12-9-13-17-24/h1,8-17,21-22H,18-20H2,2-6H3/t21-,22+/m1/s1. The lowest BCUT2D eigenvalue weighted by Crippen LogP contribution is -2.66. The Bertz CT molecular complexity index is 810. The monoisotopic (exact) mass is 422 g/mol. The maximum Gasteiger partial charge on any atom is 0.261 e. The molecule has 0 bridgehead atoms. The van der Waals surface area contributed by atoms with Crippen molar-refractivity contribution in [3.05, 3.63) is 60.7 Å². The van der Waals surface area contributed by atoms with Crippen molar-refractivity contribution in [2.24, 2.45) is 0 Å². The quantitative estimate of drug-likeness (QED) is 0.507. The minimum Gasteiger partial charge on any atom is -0.407 e. The van der Waals surface area contributed by atoms with Gasteiger partial charge in [0, 0.05) is 13.0 Å². The van der Waals surface area contributed by atoms with Crippen LogP contribution in [-0.4, -0.2) is 32.9 Å². The maximum absolute atomic E-state index is 6.97. The Morgan fingerprint density at radius 1 is 1.00 bits per heavy atom. The van der Waals surface area contributed by atoms with Crippen molar-refractivity contribution in [1.29, 1.82) is 0 Å². The lowest BCUT2D eigenvalue weighted by molar-refractivity contribution is -0.289. The van der Waals surface area contributed by atoms with E-state index in [1.165, 1.54) is 10.4 Å². The summed E-state index contributed by atoms with van der Waals surface area (Å²) in [4.78, 5) is 0. The molecule has 3 nitrogen and oxygen atoms in total. The van der Waals surface area contributed by atoms with Gasteiger partial charge in [0.2, 0.25) is 0 Å². The Labute approximate surface area is 182 Å². The molecule has 4 heteroatoms. The largest absolute Gasteiger partial charge is 0.407 e. The van der Waals surface area contributed by atoms with E-state index in [1.807, 2.05) is 13.8 Å². The Morgan fingerprint density at radius 2 is 1.53 bits per heavy atom. The van der Waals surface area contributed by atoms with E-state index in [0.29, 0.717) is 13.0 Å². The molecule has 0 N–H and O–H groups in total. The number of ether oxygens (including phenoxy) is 2. The molecule has 1 heterocycles. The average molecular weight is 423 g/mol. The summed E-state index contributed by atoms with van der Waals surface area (Å²) in [5.74, 6) is 2.07.